The van der Waals surface area contributed by atoms with E-state index < -0.39 is 0 Å². The summed E-state index contributed by atoms with van der Waals surface area (Å²) in [6, 6.07) is 5.02. The van der Waals surface area contributed by atoms with Crippen LogP contribution in [0.4, 0.5) is 4.79 Å². The highest BCUT2D eigenvalue weighted by atomic mass is 16.6. The smallest absolute Gasteiger partial charge is 0.410 e. The van der Waals surface area contributed by atoms with Gasteiger partial charge >= 0.3 is 6.09 Å². The number of rotatable bonds is 6. The minimum atomic E-state index is -0.226. The Morgan fingerprint density at radius 2 is 1.90 bits per heavy atom. The van der Waals surface area contributed by atoms with Crippen LogP contribution in [0.2, 0.25) is 0 Å². The Hall–Kier alpha value is -2.44. The predicted molar refractivity (Wildman–Crippen MR) is 113 cm³/mol. The molecule has 166 valence electrons. The Kier molecular flexibility index (Phi) is 7.82. The fourth-order valence-electron chi connectivity index (χ4n) is 4.49. The molecule has 3 rings (SSSR count). The van der Waals surface area contributed by atoms with Crippen LogP contribution in [0.5, 0.6) is 11.5 Å². The van der Waals surface area contributed by atoms with Gasteiger partial charge in [0.1, 0.15) is 6.10 Å². The van der Waals surface area contributed by atoms with Crippen molar-refractivity contribution in [3.8, 4) is 11.5 Å². The molecule has 30 heavy (non-hydrogen) atoms. The SMILES string of the molecule is CC[C@@H]1CCCC[C@@H]1OC(=O)N1CCC(C(=O)NCc2ccc(O)c(OC)c2)CC1. The number of piperidine rings is 1. The first kappa shape index (κ1) is 22.2. The highest BCUT2D eigenvalue weighted by Gasteiger charge is 2.32. The summed E-state index contributed by atoms with van der Waals surface area (Å²) >= 11 is 0. The van der Waals surface area contributed by atoms with Crippen LogP contribution in [0.3, 0.4) is 0 Å². The molecule has 2 fully saturated rings. The number of benzene rings is 1. The van der Waals surface area contributed by atoms with Crippen molar-refractivity contribution >= 4 is 12.0 Å². The van der Waals surface area contributed by atoms with E-state index in [-0.39, 0.29) is 29.8 Å². The number of phenolic OH excluding ortho intramolecular Hbond substituents is 1. The Morgan fingerprint density at radius 3 is 2.60 bits per heavy atom. The summed E-state index contributed by atoms with van der Waals surface area (Å²) in [6.45, 7) is 3.63. The van der Waals surface area contributed by atoms with Gasteiger partial charge in [-0.2, -0.15) is 0 Å². The van der Waals surface area contributed by atoms with Gasteiger partial charge in [-0.25, -0.2) is 4.79 Å². The average Bonchev–Trinajstić information content (AvgIpc) is 2.78. The van der Waals surface area contributed by atoms with E-state index in [9.17, 15) is 14.7 Å². The first-order valence-corrected chi connectivity index (χ1v) is 11.1. The minimum absolute atomic E-state index is 0.00612. The topological polar surface area (TPSA) is 88.1 Å². The molecule has 0 unspecified atom stereocenters. The number of aromatic hydroxyl groups is 1. The third-order valence-electron chi connectivity index (χ3n) is 6.45. The van der Waals surface area contributed by atoms with Crippen LogP contribution in [-0.2, 0) is 16.1 Å². The predicted octanol–water partition coefficient (Wildman–Crippen LogP) is 3.83. The maximum atomic E-state index is 12.6. The molecule has 0 radical (unpaired) electrons. The average molecular weight is 419 g/mol. The van der Waals surface area contributed by atoms with Gasteiger partial charge in [0.2, 0.25) is 5.91 Å². The van der Waals surface area contributed by atoms with Crippen molar-refractivity contribution in [3.63, 3.8) is 0 Å². The number of carbonyl (C=O) groups is 2. The van der Waals surface area contributed by atoms with Crippen LogP contribution < -0.4 is 10.1 Å². The third-order valence-corrected chi connectivity index (χ3v) is 6.45. The largest absolute Gasteiger partial charge is 0.504 e. The number of phenols is 1. The van der Waals surface area contributed by atoms with Gasteiger partial charge in [0.15, 0.2) is 11.5 Å². The van der Waals surface area contributed by atoms with Gasteiger partial charge in [-0.1, -0.05) is 19.4 Å². The second-order valence-corrected chi connectivity index (χ2v) is 8.36. The van der Waals surface area contributed by atoms with E-state index >= 15 is 0 Å². The number of amides is 2. The number of nitrogens with zero attached hydrogens (tertiary/aromatic N) is 1. The van der Waals surface area contributed by atoms with Crippen LogP contribution in [0.1, 0.15) is 57.4 Å². The molecule has 2 atom stereocenters. The molecule has 0 spiro atoms. The van der Waals surface area contributed by atoms with Gasteiger partial charge in [0, 0.05) is 25.6 Å². The van der Waals surface area contributed by atoms with Crippen molar-refractivity contribution in [1.29, 1.82) is 0 Å². The molecule has 1 aromatic carbocycles. The lowest BCUT2D eigenvalue weighted by atomic mass is 9.85. The molecular formula is C23H34N2O5. The Labute approximate surface area is 178 Å². The quantitative estimate of drug-likeness (QED) is 0.733. The second kappa shape index (κ2) is 10.5. The van der Waals surface area contributed by atoms with E-state index in [0.29, 0.717) is 44.1 Å². The van der Waals surface area contributed by atoms with Crippen LogP contribution >= 0.6 is 0 Å². The van der Waals surface area contributed by atoms with Crippen LogP contribution in [0.25, 0.3) is 0 Å². The fourth-order valence-corrected chi connectivity index (χ4v) is 4.49. The molecule has 0 bridgehead atoms. The number of nitrogens with one attached hydrogen (secondary N) is 1. The minimum Gasteiger partial charge on any atom is -0.504 e. The number of ether oxygens (including phenoxy) is 2. The second-order valence-electron chi connectivity index (χ2n) is 8.36. The summed E-state index contributed by atoms with van der Waals surface area (Å²) < 4.78 is 10.9. The van der Waals surface area contributed by atoms with Gasteiger partial charge in [-0.15, -0.1) is 0 Å². The normalized spacial score (nSPS) is 22.4. The summed E-state index contributed by atoms with van der Waals surface area (Å²) in [4.78, 5) is 26.9. The first-order chi connectivity index (χ1) is 14.5. The molecule has 2 amide bonds. The van der Waals surface area contributed by atoms with E-state index in [0.717, 1.165) is 31.2 Å². The zero-order valence-electron chi connectivity index (χ0n) is 18.1. The van der Waals surface area contributed by atoms with Gasteiger partial charge in [0.25, 0.3) is 0 Å². The lowest BCUT2D eigenvalue weighted by Gasteiger charge is -2.35. The Balaban J connectivity index is 1.43. The Morgan fingerprint density at radius 1 is 1.17 bits per heavy atom. The summed E-state index contributed by atoms with van der Waals surface area (Å²) in [5.74, 6) is 0.825. The molecule has 1 aliphatic heterocycles. The number of carbonyl (C=O) groups excluding carboxylic acids is 2. The molecule has 2 aliphatic rings. The molecule has 2 N–H and O–H groups in total. The maximum Gasteiger partial charge on any atom is 0.410 e. The van der Waals surface area contributed by atoms with Crippen LogP contribution in [-0.4, -0.2) is 48.3 Å². The molecule has 0 aromatic heterocycles. The molecule has 1 aromatic rings. The van der Waals surface area contributed by atoms with E-state index in [2.05, 4.69) is 12.2 Å². The Bertz CT molecular complexity index is 730. The van der Waals surface area contributed by atoms with Gasteiger partial charge < -0.3 is 24.8 Å². The monoisotopic (exact) mass is 418 g/mol. The zero-order chi connectivity index (χ0) is 21.5. The van der Waals surface area contributed by atoms with Crippen LogP contribution in [0, 0.1) is 11.8 Å². The highest BCUT2D eigenvalue weighted by Crippen LogP contribution is 2.30. The summed E-state index contributed by atoms with van der Waals surface area (Å²) in [7, 11) is 1.49. The fraction of sp³-hybridized carbons (Fsp3) is 0.652. The summed E-state index contributed by atoms with van der Waals surface area (Å²) in [6.07, 6.45) is 6.61. The molecule has 7 nitrogen and oxygen atoms in total. The maximum absolute atomic E-state index is 12.6. The van der Waals surface area contributed by atoms with E-state index in [1.54, 1.807) is 23.1 Å². The summed E-state index contributed by atoms with van der Waals surface area (Å²) in [5.41, 5.74) is 0.858. The lowest BCUT2D eigenvalue weighted by molar-refractivity contribution is -0.126. The van der Waals surface area contributed by atoms with Crippen molar-refractivity contribution in [1.82, 2.24) is 10.2 Å². The third kappa shape index (κ3) is 5.58. The van der Waals surface area contributed by atoms with E-state index in [1.165, 1.54) is 13.5 Å². The van der Waals surface area contributed by atoms with Crippen molar-refractivity contribution in [2.75, 3.05) is 20.2 Å². The molecule has 1 saturated carbocycles. The van der Waals surface area contributed by atoms with E-state index in [1.807, 2.05) is 0 Å². The number of hydrogen-bond acceptors (Lipinski definition) is 5. The van der Waals surface area contributed by atoms with Crippen LogP contribution in [0.15, 0.2) is 18.2 Å². The van der Waals surface area contributed by atoms with Gasteiger partial charge in [-0.3, -0.25) is 4.79 Å². The number of methoxy groups -OCH3 is 1. The van der Waals surface area contributed by atoms with Crippen molar-refractivity contribution < 1.29 is 24.2 Å². The molecular weight excluding hydrogens is 384 g/mol. The number of hydrogen-bond donors (Lipinski definition) is 2. The van der Waals surface area contributed by atoms with Crippen molar-refractivity contribution in [3.05, 3.63) is 23.8 Å². The number of likely N-dealkylation sites (tertiary alicyclic amines) is 1. The molecule has 7 heteroatoms. The van der Waals surface area contributed by atoms with Gasteiger partial charge in [0.05, 0.1) is 7.11 Å². The zero-order valence-corrected chi connectivity index (χ0v) is 18.1. The lowest BCUT2D eigenvalue weighted by Crippen LogP contribution is -2.44. The van der Waals surface area contributed by atoms with E-state index in [4.69, 9.17) is 9.47 Å². The van der Waals surface area contributed by atoms with Gasteiger partial charge in [-0.05, 0) is 62.1 Å². The van der Waals surface area contributed by atoms with Crippen molar-refractivity contribution in [2.24, 2.45) is 11.8 Å². The van der Waals surface area contributed by atoms with Crippen molar-refractivity contribution in [2.45, 2.75) is 64.5 Å². The summed E-state index contributed by atoms with van der Waals surface area (Å²) in [5, 5.41) is 12.6. The standard InChI is InChI=1S/C23H34N2O5/c1-3-17-6-4-5-7-20(17)30-23(28)25-12-10-18(11-13-25)22(27)24-15-16-8-9-19(26)21(14-16)29-2/h8-9,14,17-18,20,26H,3-7,10-13,15H2,1-2H3,(H,24,27)/t17-,20+/m1/s1. The molecule has 1 heterocycles. The molecule has 1 aliphatic carbocycles. The molecule has 1 saturated heterocycles. The first-order valence-electron chi connectivity index (χ1n) is 11.1. The highest BCUT2D eigenvalue weighted by molar-refractivity contribution is 5.79.